The zero-order valence-corrected chi connectivity index (χ0v) is 9.50. The molecule has 0 amide bonds. The Labute approximate surface area is 92.9 Å². The van der Waals surface area contributed by atoms with Crippen molar-refractivity contribution in [2.24, 2.45) is 0 Å². The van der Waals surface area contributed by atoms with Crippen molar-refractivity contribution >= 4 is 21.6 Å². The number of nitrogens with zero attached hydrogens (tertiary/aromatic N) is 2. The summed E-state index contributed by atoms with van der Waals surface area (Å²) in [7, 11) is 1.67. The van der Waals surface area contributed by atoms with Crippen molar-refractivity contribution < 1.29 is 5.21 Å². The number of para-hydroxylation sites is 1. The van der Waals surface area contributed by atoms with Gasteiger partial charge in [0, 0.05) is 20.0 Å². The van der Waals surface area contributed by atoms with E-state index in [1.54, 1.807) is 18.4 Å². The molecule has 4 heteroatoms. The van der Waals surface area contributed by atoms with Crippen LogP contribution in [0.25, 0.3) is 10.2 Å². The summed E-state index contributed by atoms with van der Waals surface area (Å²) in [6.45, 7) is 0.690. The molecule has 2 aromatic rings. The monoisotopic (exact) mass is 222 g/mol. The third-order valence-electron chi connectivity index (χ3n) is 2.21. The van der Waals surface area contributed by atoms with E-state index in [0.717, 1.165) is 23.4 Å². The van der Waals surface area contributed by atoms with Crippen LogP contribution in [0.2, 0.25) is 0 Å². The van der Waals surface area contributed by atoms with Gasteiger partial charge in [0.1, 0.15) is 0 Å². The smallest absolute Gasteiger partial charge is 0.0939 e. The maximum Gasteiger partial charge on any atom is 0.0939 e. The molecule has 15 heavy (non-hydrogen) atoms. The molecule has 2 rings (SSSR count). The van der Waals surface area contributed by atoms with Gasteiger partial charge >= 0.3 is 0 Å². The highest BCUT2D eigenvalue weighted by Crippen LogP contribution is 2.22. The van der Waals surface area contributed by atoms with Gasteiger partial charge in [-0.15, -0.1) is 11.3 Å². The fourth-order valence-corrected chi connectivity index (χ4v) is 2.50. The van der Waals surface area contributed by atoms with Crippen LogP contribution in [0.4, 0.5) is 0 Å². The minimum Gasteiger partial charge on any atom is -0.314 e. The van der Waals surface area contributed by atoms with Crippen LogP contribution in [-0.4, -0.2) is 28.8 Å². The zero-order chi connectivity index (χ0) is 10.7. The number of hydroxylamine groups is 2. The molecule has 0 aliphatic carbocycles. The SMILES string of the molecule is CN(O)CCCc1nc2ccccc2s1. The van der Waals surface area contributed by atoms with E-state index in [2.05, 4.69) is 11.1 Å². The summed E-state index contributed by atoms with van der Waals surface area (Å²) >= 11 is 1.74. The number of hydrogen-bond donors (Lipinski definition) is 1. The van der Waals surface area contributed by atoms with Gasteiger partial charge in [0.15, 0.2) is 0 Å². The van der Waals surface area contributed by atoms with Gasteiger partial charge in [-0.3, -0.25) is 0 Å². The molecule has 1 heterocycles. The van der Waals surface area contributed by atoms with Gasteiger partial charge in [-0.2, -0.15) is 5.06 Å². The zero-order valence-electron chi connectivity index (χ0n) is 8.68. The van der Waals surface area contributed by atoms with Gasteiger partial charge in [-0.05, 0) is 18.6 Å². The van der Waals surface area contributed by atoms with Crippen molar-refractivity contribution in [3.05, 3.63) is 29.3 Å². The van der Waals surface area contributed by atoms with Crippen LogP contribution in [0.3, 0.4) is 0 Å². The Hall–Kier alpha value is -0.970. The molecule has 0 fully saturated rings. The Balaban J connectivity index is 2.03. The minimum atomic E-state index is 0.690. The van der Waals surface area contributed by atoms with Crippen LogP contribution in [-0.2, 0) is 6.42 Å². The van der Waals surface area contributed by atoms with E-state index in [4.69, 9.17) is 5.21 Å². The molecule has 0 aliphatic rings. The molecule has 1 aromatic heterocycles. The van der Waals surface area contributed by atoms with Crippen molar-refractivity contribution in [2.45, 2.75) is 12.8 Å². The topological polar surface area (TPSA) is 36.4 Å². The van der Waals surface area contributed by atoms with E-state index in [1.807, 2.05) is 18.2 Å². The predicted molar refractivity (Wildman–Crippen MR) is 62.4 cm³/mol. The molecule has 1 N–H and O–H groups in total. The van der Waals surface area contributed by atoms with Crippen molar-refractivity contribution in [1.82, 2.24) is 10.0 Å². The first-order valence-electron chi connectivity index (χ1n) is 5.00. The number of aromatic nitrogens is 1. The number of rotatable bonds is 4. The highest BCUT2D eigenvalue weighted by molar-refractivity contribution is 7.18. The summed E-state index contributed by atoms with van der Waals surface area (Å²) in [6, 6.07) is 8.17. The second kappa shape index (κ2) is 4.70. The van der Waals surface area contributed by atoms with E-state index in [1.165, 1.54) is 9.76 Å². The average Bonchev–Trinajstić information content (AvgIpc) is 2.59. The Kier molecular flexibility index (Phi) is 3.30. The summed E-state index contributed by atoms with van der Waals surface area (Å²) in [5.41, 5.74) is 1.08. The van der Waals surface area contributed by atoms with Gasteiger partial charge < -0.3 is 5.21 Å². The lowest BCUT2D eigenvalue weighted by atomic mass is 10.3. The quantitative estimate of drug-likeness (QED) is 0.808. The normalized spacial score (nSPS) is 11.4. The molecule has 0 saturated heterocycles. The standard InChI is InChI=1S/C11H14N2OS/c1-13(14)8-4-7-11-12-9-5-2-3-6-10(9)15-11/h2-3,5-6,14H,4,7-8H2,1H3. The van der Waals surface area contributed by atoms with Crippen LogP contribution < -0.4 is 0 Å². The van der Waals surface area contributed by atoms with Crippen LogP contribution >= 0.6 is 11.3 Å². The maximum atomic E-state index is 8.99. The van der Waals surface area contributed by atoms with E-state index in [0.29, 0.717) is 6.54 Å². The predicted octanol–water partition coefficient (Wildman–Crippen LogP) is 2.55. The van der Waals surface area contributed by atoms with Crippen LogP contribution in [0.1, 0.15) is 11.4 Å². The second-order valence-electron chi connectivity index (χ2n) is 3.56. The molecular formula is C11H14N2OS. The van der Waals surface area contributed by atoms with Crippen molar-refractivity contribution in [3.63, 3.8) is 0 Å². The summed E-state index contributed by atoms with van der Waals surface area (Å²) in [4.78, 5) is 4.53. The molecular weight excluding hydrogens is 208 g/mol. The van der Waals surface area contributed by atoms with Gasteiger partial charge in [-0.25, -0.2) is 4.98 Å². The highest BCUT2D eigenvalue weighted by atomic mass is 32.1. The third kappa shape index (κ3) is 2.75. The lowest BCUT2D eigenvalue weighted by Gasteiger charge is -2.05. The summed E-state index contributed by atoms with van der Waals surface area (Å²) in [5.74, 6) is 0. The molecule has 0 unspecified atom stereocenters. The molecule has 3 nitrogen and oxygen atoms in total. The number of hydrogen-bond acceptors (Lipinski definition) is 4. The van der Waals surface area contributed by atoms with Gasteiger partial charge in [0.2, 0.25) is 0 Å². The van der Waals surface area contributed by atoms with E-state index in [-0.39, 0.29) is 0 Å². The Morgan fingerprint density at radius 1 is 1.40 bits per heavy atom. The fourth-order valence-electron chi connectivity index (χ4n) is 1.49. The van der Waals surface area contributed by atoms with Gasteiger partial charge in [0.25, 0.3) is 0 Å². The average molecular weight is 222 g/mol. The number of benzene rings is 1. The maximum absolute atomic E-state index is 8.99. The van der Waals surface area contributed by atoms with Gasteiger partial charge in [-0.1, -0.05) is 12.1 Å². The minimum absolute atomic E-state index is 0.690. The van der Waals surface area contributed by atoms with E-state index in [9.17, 15) is 0 Å². The highest BCUT2D eigenvalue weighted by Gasteiger charge is 2.02. The summed E-state index contributed by atoms with van der Waals surface area (Å²) in [5, 5.41) is 11.4. The molecule has 0 radical (unpaired) electrons. The summed E-state index contributed by atoms with van der Waals surface area (Å²) < 4.78 is 1.24. The van der Waals surface area contributed by atoms with Crippen LogP contribution in [0, 0.1) is 0 Å². The molecule has 0 spiro atoms. The third-order valence-corrected chi connectivity index (χ3v) is 3.31. The Morgan fingerprint density at radius 3 is 2.93 bits per heavy atom. The largest absolute Gasteiger partial charge is 0.314 e. The molecule has 0 saturated carbocycles. The second-order valence-corrected chi connectivity index (χ2v) is 4.68. The van der Waals surface area contributed by atoms with E-state index >= 15 is 0 Å². The molecule has 0 bridgehead atoms. The lowest BCUT2D eigenvalue weighted by Crippen LogP contribution is -2.14. The lowest BCUT2D eigenvalue weighted by molar-refractivity contribution is -0.0651. The van der Waals surface area contributed by atoms with Crippen molar-refractivity contribution in [1.29, 1.82) is 0 Å². The van der Waals surface area contributed by atoms with Crippen molar-refractivity contribution in [3.8, 4) is 0 Å². The number of aryl methyl sites for hydroxylation is 1. The first kappa shape index (κ1) is 10.5. The Bertz CT molecular complexity index is 406. The van der Waals surface area contributed by atoms with Crippen LogP contribution in [0.5, 0.6) is 0 Å². The summed E-state index contributed by atoms with van der Waals surface area (Å²) in [6.07, 6.45) is 1.87. The Morgan fingerprint density at radius 2 is 2.20 bits per heavy atom. The first-order chi connectivity index (χ1) is 7.25. The fraction of sp³-hybridized carbons (Fsp3) is 0.364. The van der Waals surface area contributed by atoms with E-state index < -0.39 is 0 Å². The van der Waals surface area contributed by atoms with Gasteiger partial charge in [0.05, 0.1) is 15.2 Å². The molecule has 0 aliphatic heterocycles. The van der Waals surface area contributed by atoms with Crippen molar-refractivity contribution in [2.75, 3.05) is 13.6 Å². The molecule has 0 atom stereocenters. The molecule has 1 aromatic carbocycles. The number of fused-ring (bicyclic) bond motifs is 1. The first-order valence-corrected chi connectivity index (χ1v) is 5.82. The van der Waals surface area contributed by atoms with Crippen LogP contribution in [0.15, 0.2) is 24.3 Å². The molecule has 80 valence electrons. The number of thiazole rings is 1.